The number of amides is 2. The lowest BCUT2D eigenvalue weighted by Crippen LogP contribution is -2.48. The molecule has 0 aliphatic carbocycles. The number of rotatable bonds is 10. The second-order valence-corrected chi connectivity index (χ2v) is 10.0. The Morgan fingerprint density at radius 3 is 2.56 bits per heavy atom. The molecular weight excluding hydrogens is 432 g/mol. The average molecular weight is 461 g/mol. The van der Waals surface area contributed by atoms with Crippen molar-refractivity contribution in [2.45, 2.75) is 25.4 Å². The molecule has 0 fully saturated rings. The van der Waals surface area contributed by atoms with Gasteiger partial charge in [0.25, 0.3) is 5.91 Å². The lowest BCUT2D eigenvalue weighted by Gasteiger charge is -2.27. The van der Waals surface area contributed by atoms with Crippen LogP contribution >= 0.6 is 0 Å². The van der Waals surface area contributed by atoms with Crippen molar-refractivity contribution in [1.82, 2.24) is 10.2 Å². The largest absolute Gasteiger partial charge is 0.497 e. The van der Waals surface area contributed by atoms with Gasteiger partial charge in [0, 0.05) is 24.9 Å². The van der Waals surface area contributed by atoms with Crippen LogP contribution < -0.4 is 14.8 Å². The maximum atomic E-state index is 13.1. The third-order valence-corrected chi connectivity index (χ3v) is 6.45. The van der Waals surface area contributed by atoms with Crippen molar-refractivity contribution in [1.29, 1.82) is 0 Å². The lowest BCUT2D eigenvalue weighted by molar-refractivity contribution is -0.125. The maximum Gasteiger partial charge on any atom is 0.255 e. The molecule has 2 aromatic rings. The summed E-state index contributed by atoms with van der Waals surface area (Å²) in [4.78, 5) is 27.4. The van der Waals surface area contributed by atoms with E-state index in [2.05, 4.69) is 5.32 Å². The van der Waals surface area contributed by atoms with Gasteiger partial charge in [-0.25, -0.2) is 8.42 Å². The molecule has 0 spiro atoms. The molecule has 1 atom stereocenters. The van der Waals surface area contributed by atoms with Crippen molar-refractivity contribution in [3.05, 3.63) is 59.2 Å². The van der Waals surface area contributed by atoms with Gasteiger partial charge in [-0.1, -0.05) is 18.2 Å². The van der Waals surface area contributed by atoms with Crippen LogP contribution in [0.2, 0.25) is 0 Å². The van der Waals surface area contributed by atoms with E-state index in [9.17, 15) is 18.0 Å². The Balaban J connectivity index is 1.72. The lowest BCUT2D eigenvalue weighted by atomic mass is 10.1. The SMILES string of the molecule is COc1ccc(OC)c(CCNC(=O)C(CCS(C)(=O)=O)N2Cc3ccccc3C2=O)c1. The van der Waals surface area contributed by atoms with Gasteiger partial charge in [0.05, 0.1) is 20.0 Å². The topological polar surface area (TPSA) is 102 Å². The second-order valence-electron chi connectivity index (χ2n) is 7.74. The summed E-state index contributed by atoms with van der Waals surface area (Å²) in [6.07, 6.45) is 1.64. The summed E-state index contributed by atoms with van der Waals surface area (Å²) < 4.78 is 34.1. The van der Waals surface area contributed by atoms with Gasteiger partial charge in [-0.3, -0.25) is 9.59 Å². The average Bonchev–Trinajstić information content (AvgIpc) is 3.09. The van der Waals surface area contributed by atoms with Gasteiger partial charge in [0.15, 0.2) is 0 Å². The first-order valence-corrected chi connectivity index (χ1v) is 12.3. The smallest absolute Gasteiger partial charge is 0.255 e. The molecule has 1 heterocycles. The van der Waals surface area contributed by atoms with Crippen LogP contribution in [0.4, 0.5) is 0 Å². The van der Waals surface area contributed by atoms with Gasteiger partial charge in [0.1, 0.15) is 27.4 Å². The number of carbonyl (C=O) groups excluding carboxylic acids is 2. The minimum Gasteiger partial charge on any atom is -0.497 e. The predicted octanol–water partition coefficient (Wildman–Crippen LogP) is 1.82. The highest BCUT2D eigenvalue weighted by atomic mass is 32.2. The zero-order chi connectivity index (χ0) is 23.3. The first kappa shape index (κ1) is 23.6. The normalized spacial score (nSPS) is 14.1. The number of sulfone groups is 1. The summed E-state index contributed by atoms with van der Waals surface area (Å²) in [5, 5.41) is 2.86. The van der Waals surface area contributed by atoms with Crippen molar-refractivity contribution in [2.24, 2.45) is 0 Å². The first-order chi connectivity index (χ1) is 15.2. The van der Waals surface area contributed by atoms with E-state index in [-0.39, 0.29) is 30.5 Å². The molecule has 0 saturated heterocycles. The Morgan fingerprint density at radius 2 is 1.91 bits per heavy atom. The zero-order valence-corrected chi connectivity index (χ0v) is 19.3. The van der Waals surface area contributed by atoms with Crippen molar-refractivity contribution in [3.8, 4) is 11.5 Å². The number of nitrogens with one attached hydrogen (secondary N) is 1. The fourth-order valence-electron chi connectivity index (χ4n) is 3.80. The van der Waals surface area contributed by atoms with Crippen LogP contribution in [0.25, 0.3) is 0 Å². The van der Waals surface area contributed by atoms with Crippen molar-refractivity contribution in [2.75, 3.05) is 32.8 Å². The molecule has 3 rings (SSSR count). The van der Waals surface area contributed by atoms with Crippen molar-refractivity contribution < 1.29 is 27.5 Å². The highest BCUT2D eigenvalue weighted by Gasteiger charge is 2.36. The molecule has 1 aliphatic heterocycles. The summed E-state index contributed by atoms with van der Waals surface area (Å²) in [5.41, 5.74) is 2.24. The Bertz CT molecular complexity index is 1100. The van der Waals surface area contributed by atoms with E-state index in [0.29, 0.717) is 30.0 Å². The molecule has 2 amide bonds. The Labute approximate surface area is 188 Å². The van der Waals surface area contributed by atoms with Gasteiger partial charge in [-0.05, 0) is 48.2 Å². The van der Waals surface area contributed by atoms with Crippen LogP contribution in [-0.4, -0.2) is 63.9 Å². The molecule has 172 valence electrons. The molecular formula is C23H28N2O6S. The fraction of sp³-hybridized carbons (Fsp3) is 0.391. The molecule has 8 nitrogen and oxygen atoms in total. The summed E-state index contributed by atoms with van der Waals surface area (Å²) in [6, 6.07) is 11.7. The van der Waals surface area contributed by atoms with E-state index in [1.54, 1.807) is 38.5 Å². The third kappa shape index (κ3) is 5.59. The van der Waals surface area contributed by atoms with Gasteiger partial charge >= 0.3 is 0 Å². The van der Waals surface area contributed by atoms with E-state index in [1.807, 2.05) is 18.2 Å². The van der Waals surface area contributed by atoms with Crippen molar-refractivity contribution in [3.63, 3.8) is 0 Å². The number of methoxy groups -OCH3 is 2. The number of benzene rings is 2. The summed E-state index contributed by atoms with van der Waals surface area (Å²) >= 11 is 0. The van der Waals surface area contributed by atoms with Crippen LogP contribution in [-0.2, 0) is 27.6 Å². The molecule has 1 unspecified atom stereocenters. The fourth-order valence-corrected chi connectivity index (χ4v) is 4.45. The number of hydrogen-bond acceptors (Lipinski definition) is 6. The van der Waals surface area contributed by atoms with E-state index in [0.717, 1.165) is 17.4 Å². The molecule has 2 aromatic carbocycles. The van der Waals surface area contributed by atoms with Crippen LogP contribution in [0.3, 0.4) is 0 Å². The molecule has 0 saturated carbocycles. The summed E-state index contributed by atoms with van der Waals surface area (Å²) in [6.45, 7) is 0.577. The molecule has 1 N–H and O–H groups in total. The minimum absolute atomic E-state index is 0.0346. The van der Waals surface area contributed by atoms with Crippen LogP contribution in [0.5, 0.6) is 11.5 Å². The van der Waals surface area contributed by atoms with Gasteiger partial charge in [-0.2, -0.15) is 0 Å². The van der Waals surface area contributed by atoms with Crippen LogP contribution in [0.15, 0.2) is 42.5 Å². The Morgan fingerprint density at radius 1 is 1.16 bits per heavy atom. The number of fused-ring (bicyclic) bond motifs is 1. The second kappa shape index (κ2) is 10.0. The zero-order valence-electron chi connectivity index (χ0n) is 18.5. The Hall–Kier alpha value is -3.07. The molecule has 32 heavy (non-hydrogen) atoms. The molecule has 1 aliphatic rings. The van der Waals surface area contributed by atoms with Gasteiger partial charge in [0.2, 0.25) is 5.91 Å². The van der Waals surface area contributed by atoms with Crippen LogP contribution in [0, 0.1) is 0 Å². The van der Waals surface area contributed by atoms with Gasteiger partial charge in [-0.15, -0.1) is 0 Å². The Kier molecular flexibility index (Phi) is 7.40. The number of hydrogen-bond donors (Lipinski definition) is 1. The summed E-state index contributed by atoms with van der Waals surface area (Å²) in [7, 11) is -0.150. The standard InChI is InChI=1S/C23H28N2O6S/c1-30-18-8-9-21(31-2)16(14-18)10-12-24-22(26)20(11-13-32(3,28)29)25-15-17-6-4-5-7-19(17)23(25)27/h4-9,14,20H,10-13,15H2,1-3H3,(H,24,26). The molecule has 0 radical (unpaired) electrons. The number of carbonyl (C=O) groups is 2. The van der Waals surface area contributed by atoms with E-state index in [1.165, 1.54) is 4.90 Å². The quantitative estimate of drug-likeness (QED) is 0.580. The highest BCUT2D eigenvalue weighted by molar-refractivity contribution is 7.90. The highest BCUT2D eigenvalue weighted by Crippen LogP contribution is 2.26. The first-order valence-electron chi connectivity index (χ1n) is 10.3. The number of ether oxygens (including phenoxy) is 2. The minimum atomic E-state index is -3.30. The van der Waals surface area contributed by atoms with Crippen molar-refractivity contribution >= 4 is 21.7 Å². The van der Waals surface area contributed by atoms with Gasteiger partial charge < -0.3 is 19.7 Å². The van der Waals surface area contributed by atoms with E-state index in [4.69, 9.17) is 9.47 Å². The summed E-state index contributed by atoms with van der Waals surface area (Å²) in [5.74, 6) is 0.535. The molecule has 9 heteroatoms. The monoisotopic (exact) mass is 460 g/mol. The van der Waals surface area contributed by atoms with E-state index < -0.39 is 15.9 Å². The third-order valence-electron chi connectivity index (χ3n) is 5.47. The van der Waals surface area contributed by atoms with Crippen LogP contribution in [0.1, 0.15) is 27.9 Å². The number of nitrogens with zero attached hydrogens (tertiary/aromatic N) is 1. The predicted molar refractivity (Wildman–Crippen MR) is 121 cm³/mol. The molecule has 0 bridgehead atoms. The maximum absolute atomic E-state index is 13.1. The van der Waals surface area contributed by atoms with E-state index >= 15 is 0 Å². The molecule has 0 aromatic heterocycles.